The van der Waals surface area contributed by atoms with Crippen LogP contribution in [0.3, 0.4) is 0 Å². The molecule has 1 aromatic heterocycles. The van der Waals surface area contributed by atoms with Gasteiger partial charge in [-0.1, -0.05) is 0 Å². The molecule has 3 nitrogen and oxygen atoms in total. The van der Waals surface area contributed by atoms with Crippen molar-refractivity contribution in [2.45, 2.75) is 26.0 Å². The van der Waals surface area contributed by atoms with Crippen LogP contribution in [-0.4, -0.2) is 13.2 Å². The molecule has 1 atom stereocenters. The first-order valence-electron chi connectivity index (χ1n) is 4.04. The lowest BCUT2D eigenvalue weighted by atomic mass is 10.2. The average molecular weight is 169 g/mol. The molecule has 0 unspecified atom stereocenters. The number of methoxy groups -OCH3 is 1. The average Bonchev–Trinajstić information content (AvgIpc) is 2.36. The zero-order valence-electron chi connectivity index (χ0n) is 7.54. The van der Waals surface area contributed by atoms with Crippen molar-refractivity contribution in [3.8, 4) is 0 Å². The van der Waals surface area contributed by atoms with Crippen molar-refractivity contribution >= 4 is 0 Å². The van der Waals surface area contributed by atoms with Gasteiger partial charge in [-0.25, -0.2) is 0 Å². The van der Waals surface area contributed by atoms with Gasteiger partial charge in [-0.15, -0.1) is 0 Å². The standard InChI is InChI=1S/C9H15NO2/c1-7(10)5-8-3-4-9(12-8)6-11-2/h3-4,7H,5-6,10H2,1-2H3/t7-/m1/s1. The first kappa shape index (κ1) is 9.29. The summed E-state index contributed by atoms with van der Waals surface area (Å²) >= 11 is 0. The van der Waals surface area contributed by atoms with Crippen molar-refractivity contribution in [1.82, 2.24) is 0 Å². The molecule has 2 N–H and O–H groups in total. The highest BCUT2D eigenvalue weighted by molar-refractivity contribution is 5.07. The lowest BCUT2D eigenvalue weighted by molar-refractivity contribution is 0.162. The van der Waals surface area contributed by atoms with Gasteiger partial charge in [0.1, 0.15) is 18.1 Å². The van der Waals surface area contributed by atoms with Crippen molar-refractivity contribution in [1.29, 1.82) is 0 Å². The summed E-state index contributed by atoms with van der Waals surface area (Å²) in [5, 5.41) is 0. The second-order valence-electron chi connectivity index (χ2n) is 2.98. The summed E-state index contributed by atoms with van der Waals surface area (Å²) in [4.78, 5) is 0. The highest BCUT2D eigenvalue weighted by Crippen LogP contribution is 2.10. The maximum absolute atomic E-state index is 5.62. The Morgan fingerprint density at radius 1 is 1.50 bits per heavy atom. The molecule has 68 valence electrons. The van der Waals surface area contributed by atoms with E-state index in [1.54, 1.807) is 7.11 Å². The molecule has 0 fully saturated rings. The Kier molecular flexibility index (Phi) is 3.31. The molecule has 0 aliphatic heterocycles. The van der Waals surface area contributed by atoms with E-state index in [9.17, 15) is 0 Å². The predicted octanol–water partition coefficient (Wildman–Crippen LogP) is 1.32. The first-order valence-corrected chi connectivity index (χ1v) is 4.04. The quantitative estimate of drug-likeness (QED) is 0.739. The second kappa shape index (κ2) is 4.28. The fourth-order valence-corrected chi connectivity index (χ4v) is 1.07. The topological polar surface area (TPSA) is 48.4 Å². The zero-order valence-corrected chi connectivity index (χ0v) is 7.54. The zero-order chi connectivity index (χ0) is 8.97. The van der Waals surface area contributed by atoms with E-state index in [2.05, 4.69) is 0 Å². The van der Waals surface area contributed by atoms with Crippen LogP contribution in [0.2, 0.25) is 0 Å². The number of hydrogen-bond donors (Lipinski definition) is 1. The molecular weight excluding hydrogens is 154 g/mol. The van der Waals surface area contributed by atoms with E-state index < -0.39 is 0 Å². The molecule has 0 saturated heterocycles. The van der Waals surface area contributed by atoms with Gasteiger partial charge in [0.15, 0.2) is 0 Å². The van der Waals surface area contributed by atoms with Crippen molar-refractivity contribution in [3.63, 3.8) is 0 Å². The van der Waals surface area contributed by atoms with Crippen molar-refractivity contribution in [3.05, 3.63) is 23.7 Å². The molecule has 12 heavy (non-hydrogen) atoms. The third-order valence-corrected chi connectivity index (χ3v) is 1.53. The van der Waals surface area contributed by atoms with Gasteiger partial charge in [0.25, 0.3) is 0 Å². The molecule has 1 rings (SSSR count). The minimum absolute atomic E-state index is 0.145. The summed E-state index contributed by atoms with van der Waals surface area (Å²) in [5.74, 6) is 1.78. The molecule has 1 heterocycles. The van der Waals surface area contributed by atoms with Gasteiger partial charge in [-0.05, 0) is 19.1 Å². The van der Waals surface area contributed by atoms with Gasteiger partial charge in [-0.2, -0.15) is 0 Å². The first-order chi connectivity index (χ1) is 5.72. The van der Waals surface area contributed by atoms with Crippen LogP contribution in [0.4, 0.5) is 0 Å². The van der Waals surface area contributed by atoms with Crippen molar-refractivity contribution in [2.24, 2.45) is 5.73 Å². The van der Waals surface area contributed by atoms with Crippen molar-refractivity contribution < 1.29 is 9.15 Å². The van der Waals surface area contributed by atoms with Gasteiger partial charge < -0.3 is 14.9 Å². The minimum Gasteiger partial charge on any atom is -0.464 e. The summed E-state index contributed by atoms with van der Waals surface area (Å²) in [5.41, 5.74) is 5.62. The fourth-order valence-electron chi connectivity index (χ4n) is 1.07. The Morgan fingerprint density at radius 3 is 2.75 bits per heavy atom. The molecule has 0 saturated carbocycles. The van der Waals surface area contributed by atoms with Gasteiger partial charge in [0, 0.05) is 19.6 Å². The van der Waals surface area contributed by atoms with Crippen molar-refractivity contribution in [2.75, 3.05) is 7.11 Å². The number of ether oxygens (including phenoxy) is 1. The van der Waals surface area contributed by atoms with Crippen LogP contribution in [0.25, 0.3) is 0 Å². The summed E-state index contributed by atoms with van der Waals surface area (Å²) < 4.78 is 10.4. The van der Waals surface area contributed by atoms with Gasteiger partial charge in [-0.3, -0.25) is 0 Å². The molecule has 0 aliphatic carbocycles. The lowest BCUT2D eigenvalue weighted by Crippen LogP contribution is -2.17. The fraction of sp³-hybridized carbons (Fsp3) is 0.556. The highest BCUT2D eigenvalue weighted by atomic mass is 16.5. The highest BCUT2D eigenvalue weighted by Gasteiger charge is 2.03. The largest absolute Gasteiger partial charge is 0.464 e. The van der Waals surface area contributed by atoms with E-state index in [0.29, 0.717) is 6.61 Å². The minimum atomic E-state index is 0.145. The molecular formula is C9H15NO2. The van der Waals surface area contributed by atoms with E-state index in [4.69, 9.17) is 14.9 Å². The van der Waals surface area contributed by atoms with E-state index >= 15 is 0 Å². The van der Waals surface area contributed by atoms with Crippen LogP contribution < -0.4 is 5.73 Å². The molecule has 0 spiro atoms. The summed E-state index contributed by atoms with van der Waals surface area (Å²) in [6.45, 7) is 2.48. The molecule has 0 aromatic carbocycles. The van der Waals surface area contributed by atoms with Crippen LogP contribution in [-0.2, 0) is 17.8 Å². The number of furan rings is 1. The third kappa shape index (κ3) is 2.68. The maximum atomic E-state index is 5.62. The van der Waals surface area contributed by atoms with Crippen LogP contribution in [0.1, 0.15) is 18.4 Å². The number of rotatable bonds is 4. The summed E-state index contributed by atoms with van der Waals surface area (Å²) in [7, 11) is 1.65. The molecule has 0 radical (unpaired) electrons. The van der Waals surface area contributed by atoms with E-state index in [-0.39, 0.29) is 6.04 Å². The monoisotopic (exact) mass is 169 g/mol. The lowest BCUT2D eigenvalue weighted by Gasteiger charge is -2.00. The Balaban J connectivity index is 2.52. The van der Waals surface area contributed by atoms with Gasteiger partial charge in [0.05, 0.1) is 0 Å². The molecule has 0 bridgehead atoms. The van der Waals surface area contributed by atoms with E-state index in [1.165, 1.54) is 0 Å². The molecule has 0 aliphatic rings. The third-order valence-electron chi connectivity index (χ3n) is 1.53. The summed E-state index contributed by atoms with van der Waals surface area (Å²) in [6.07, 6.45) is 0.781. The van der Waals surface area contributed by atoms with E-state index in [0.717, 1.165) is 17.9 Å². The number of nitrogens with two attached hydrogens (primary N) is 1. The van der Waals surface area contributed by atoms with E-state index in [1.807, 2.05) is 19.1 Å². The van der Waals surface area contributed by atoms with Crippen LogP contribution in [0.15, 0.2) is 16.5 Å². The number of hydrogen-bond acceptors (Lipinski definition) is 3. The molecule has 1 aromatic rings. The Hall–Kier alpha value is -0.800. The molecule has 0 amide bonds. The summed E-state index contributed by atoms with van der Waals surface area (Å²) in [6, 6.07) is 4.00. The normalized spacial score (nSPS) is 13.2. The Bertz CT molecular complexity index is 230. The Labute approximate surface area is 72.5 Å². The maximum Gasteiger partial charge on any atom is 0.129 e. The molecule has 3 heteroatoms. The van der Waals surface area contributed by atoms with Gasteiger partial charge >= 0.3 is 0 Å². The smallest absolute Gasteiger partial charge is 0.129 e. The predicted molar refractivity (Wildman–Crippen MR) is 46.8 cm³/mol. The SMILES string of the molecule is COCc1ccc(C[C@@H](C)N)o1. The van der Waals surface area contributed by atoms with Crippen LogP contribution >= 0.6 is 0 Å². The van der Waals surface area contributed by atoms with Crippen LogP contribution in [0, 0.1) is 0 Å². The second-order valence-corrected chi connectivity index (χ2v) is 2.98. The van der Waals surface area contributed by atoms with Crippen LogP contribution in [0.5, 0.6) is 0 Å². The Morgan fingerprint density at radius 2 is 2.17 bits per heavy atom. The van der Waals surface area contributed by atoms with Gasteiger partial charge in [0.2, 0.25) is 0 Å².